The van der Waals surface area contributed by atoms with Gasteiger partial charge in [-0.25, -0.2) is 4.79 Å². The van der Waals surface area contributed by atoms with E-state index in [2.05, 4.69) is 9.98 Å². The van der Waals surface area contributed by atoms with E-state index in [9.17, 15) is 4.79 Å². The molecular weight excluding hydrogens is 216 g/mol. The largest absolute Gasteiger partial charge is 0.478 e. The Kier molecular flexibility index (Phi) is 3.25. The van der Waals surface area contributed by atoms with Crippen molar-refractivity contribution in [1.29, 1.82) is 0 Å². The lowest BCUT2D eigenvalue weighted by Gasteiger charge is -1.95. The van der Waals surface area contributed by atoms with E-state index in [1.165, 1.54) is 12.1 Å². The van der Waals surface area contributed by atoms with Gasteiger partial charge in [-0.1, -0.05) is 0 Å². The SMILES string of the molecule is O=C(O)c1ccc(/N=C/c2ccncc2)cc1. The van der Waals surface area contributed by atoms with Gasteiger partial charge in [-0.3, -0.25) is 9.98 Å². The van der Waals surface area contributed by atoms with Crippen molar-refractivity contribution in [2.75, 3.05) is 0 Å². The molecule has 0 amide bonds. The molecule has 0 radical (unpaired) electrons. The van der Waals surface area contributed by atoms with Gasteiger partial charge in [0.2, 0.25) is 0 Å². The van der Waals surface area contributed by atoms with Gasteiger partial charge >= 0.3 is 5.97 Å². The highest BCUT2D eigenvalue weighted by Crippen LogP contribution is 2.13. The van der Waals surface area contributed by atoms with E-state index in [1.54, 1.807) is 30.7 Å². The van der Waals surface area contributed by atoms with Crippen molar-refractivity contribution in [3.63, 3.8) is 0 Å². The maximum Gasteiger partial charge on any atom is 0.335 e. The van der Waals surface area contributed by atoms with Crippen LogP contribution in [0.25, 0.3) is 0 Å². The third kappa shape index (κ3) is 2.98. The number of benzene rings is 1. The van der Waals surface area contributed by atoms with E-state index < -0.39 is 5.97 Å². The zero-order valence-electron chi connectivity index (χ0n) is 8.95. The quantitative estimate of drug-likeness (QED) is 0.818. The Morgan fingerprint density at radius 1 is 1.12 bits per heavy atom. The fourth-order valence-electron chi connectivity index (χ4n) is 1.29. The van der Waals surface area contributed by atoms with Crippen LogP contribution in [-0.2, 0) is 0 Å². The molecule has 1 aromatic heterocycles. The smallest absolute Gasteiger partial charge is 0.335 e. The predicted molar refractivity (Wildman–Crippen MR) is 64.9 cm³/mol. The highest BCUT2D eigenvalue weighted by molar-refractivity contribution is 5.88. The fraction of sp³-hybridized carbons (Fsp3) is 0. The van der Waals surface area contributed by atoms with Crippen molar-refractivity contribution < 1.29 is 9.90 Å². The van der Waals surface area contributed by atoms with Gasteiger partial charge in [0.25, 0.3) is 0 Å². The van der Waals surface area contributed by atoms with Gasteiger partial charge in [0.1, 0.15) is 0 Å². The number of nitrogens with zero attached hydrogens (tertiary/aromatic N) is 2. The number of hydrogen-bond acceptors (Lipinski definition) is 3. The average molecular weight is 226 g/mol. The summed E-state index contributed by atoms with van der Waals surface area (Å²) < 4.78 is 0. The number of aromatic nitrogens is 1. The summed E-state index contributed by atoms with van der Waals surface area (Å²) in [4.78, 5) is 18.8. The molecule has 0 aliphatic rings. The maximum absolute atomic E-state index is 10.6. The minimum atomic E-state index is -0.935. The summed E-state index contributed by atoms with van der Waals surface area (Å²) in [6, 6.07) is 10.1. The van der Waals surface area contributed by atoms with E-state index in [0.29, 0.717) is 5.69 Å². The third-order valence-corrected chi connectivity index (χ3v) is 2.18. The number of carboxylic acids is 1. The molecule has 1 heterocycles. The normalized spacial score (nSPS) is 10.6. The number of carboxylic acid groups (broad SMARTS) is 1. The van der Waals surface area contributed by atoms with Crippen molar-refractivity contribution in [3.8, 4) is 0 Å². The second-order valence-electron chi connectivity index (χ2n) is 3.39. The number of carbonyl (C=O) groups is 1. The van der Waals surface area contributed by atoms with Crippen molar-refractivity contribution >= 4 is 17.9 Å². The molecule has 0 aliphatic carbocycles. The topological polar surface area (TPSA) is 62.5 Å². The molecule has 0 unspecified atom stereocenters. The van der Waals surface area contributed by atoms with Crippen LogP contribution in [0.4, 0.5) is 5.69 Å². The average Bonchev–Trinajstić information content (AvgIpc) is 2.38. The minimum Gasteiger partial charge on any atom is -0.478 e. The van der Waals surface area contributed by atoms with E-state index in [0.717, 1.165) is 5.56 Å². The minimum absolute atomic E-state index is 0.257. The summed E-state index contributed by atoms with van der Waals surface area (Å²) in [5.41, 5.74) is 1.92. The van der Waals surface area contributed by atoms with Crippen LogP contribution in [-0.4, -0.2) is 22.3 Å². The first-order chi connectivity index (χ1) is 8.25. The van der Waals surface area contributed by atoms with Gasteiger partial charge < -0.3 is 5.11 Å². The zero-order valence-corrected chi connectivity index (χ0v) is 8.95. The van der Waals surface area contributed by atoms with Crippen LogP contribution in [0.5, 0.6) is 0 Å². The molecule has 1 aromatic carbocycles. The van der Waals surface area contributed by atoms with Crippen molar-refractivity contribution in [1.82, 2.24) is 4.98 Å². The lowest BCUT2D eigenvalue weighted by molar-refractivity contribution is 0.0697. The molecule has 17 heavy (non-hydrogen) atoms. The lowest BCUT2D eigenvalue weighted by atomic mass is 10.2. The molecule has 2 aromatic rings. The van der Waals surface area contributed by atoms with Crippen LogP contribution in [0.3, 0.4) is 0 Å². The van der Waals surface area contributed by atoms with Crippen LogP contribution in [0, 0.1) is 0 Å². The van der Waals surface area contributed by atoms with E-state index in [4.69, 9.17) is 5.11 Å². The van der Waals surface area contributed by atoms with Crippen molar-refractivity contribution in [2.45, 2.75) is 0 Å². The highest BCUT2D eigenvalue weighted by atomic mass is 16.4. The Morgan fingerprint density at radius 2 is 1.76 bits per heavy atom. The summed E-state index contributed by atoms with van der Waals surface area (Å²) in [6.07, 6.45) is 5.08. The molecule has 0 fully saturated rings. The molecule has 84 valence electrons. The van der Waals surface area contributed by atoms with Crippen LogP contribution < -0.4 is 0 Å². The molecule has 0 aliphatic heterocycles. The molecule has 0 bridgehead atoms. The summed E-state index contributed by atoms with van der Waals surface area (Å²) in [7, 11) is 0. The van der Waals surface area contributed by atoms with Crippen LogP contribution in [0.15, 0.2) is 53.8 Å². The summed E-state index contributed by atoms with van der Waals surface area (Å²) in [5, 5.41) is 8.74. The van der Waals surface area contributed by atoms with E-state index in [-0.39, 0.29) is 5.56 Å². The zero-order chi connectivity index (χ0) is 12.1. The number of hydrogen-bond donors (Lipinski definition) is 1. The molecule has 4 heteroatoms. The first-order valence-corrected chi connectivity index (χ1v) is 5.03. The molecule has 0 atom stereocenters. The molecule has 4 nitrogen and oxygen atoms in total. The Hall–Kier alpha value is -2.49. The van der Waals surface area contributed by atoms with Gasteiger partial charge in [-0.05, 0) is 42.0 Å². The first kappa shape index (κ1) is 11.0. The molecule has 0 saturated carbocycles. The second-order valence-corrected chi connectivity index (χ2v) is 3.39. The third-order valence-electron chi connectivity index (χ3n) is 2.18. The number of rotatable bonds is 3. The van der Waals surface area contributed by atoms with E-state index in [1.807, 2.05) is 12.1 Å². The van der Waals surface area contributed by atoms with Crippen molar-refractivity contribution in [2.24, 2.45) is 4.99 Å². The van der Waals surface area contributed by atoms with Gasteiger partial charge in [0.05, 0.1) is 11.3 Å². The molecule has 1 N–H and O–H groups in total. The fourth-order valence-corrected chi connectivity index (χ4v) is 1.29. The monoisotopic (exact) mass is 226 g/mol. The highest BCUT2D eigenvalue weighted by Gasteiger charge is 2.00. The molecular formula is C13H10N2O2. The summed E-state index contributed by atoms with van der Waals surface area (Å²) in [6.45, 7) is 0. The van der Waals surface area contributed by atoms with Crippen LogP contribution >= 0.6 is 0 Å². The number of aromatic carboxylic acids is 1. The van der Waals surface area contributed by atoms with Crippen LogP contribution in [0.1, 0.15) is 15.9 Å². The van der Waals surface area contributed by atoms with Gasteiger partial charge in [-0.15, -0.1) is 0 Å². The molecule has 2 rings (SSSR count). The van der Waals surface area contributed by atoms with Gasteiger partial charge in [0, 0.05) is 18.6 Å². The summed E-state index contributed by atoms with van der Waals surface area (Å²) >= 11 is 0. The van der Waals surface area contributed by atoms with Crippen molar-refractivity contribution in [3.05, 3.63) is 59.9 Å². The van der Waals surface area contributed by atoms with Crippen LogP contribution in [0.2, 0.25) is 0 Å². The standard InChI is InChI=1S/C13H10N2O2/c16-13(17)11-1-3-12(4-2-11)15-9-10-5-7-14-8-6-10/h1-9H,(H,16,17)/b15-9+. The Bertz CT molecular complexity index is 533. The Balaban J connectivity index is 2.14. The number of aliphatic imine (C=N–C) groups is 1. The maximum atomic E-state index is 10.6. The Labute approximate surface area is 98.3 Å². The Morgan fingerprint density at radius 3 is 2.35 bits per heavy atom. The second kappa shape index (κ2) is 5.03. The number of pyridine rings is 1. The first-order valence-electron chi connectivity index (χ1n) is 5.03. The summed E-state index contributed by atoms with van der Waals surface area (Å²) in [5.74, 6) is -0.935. The molecule has 0 saturated heterocycles. The molecule has 0 spiro atoms. The van der Waals surface area contributed by atoms with Gasteiger partial charge in [-0.2, -0.15) is 0 Å². The van der Waals surface area contributed by atoms with E-state index >= 15 is 0 Å². The predicted octanol–water partition coefficient (Wildman–Crippen LogP) is 2.53. The lowest BCUT2D eigenvalue weighted by Crippen LogP contribution is -1.94. The van der Waals surface area contributed by atoms with Gasteiger partial charge in [0.15, 0.2) is 0 Å².